The molecule has 26 heavy (non-hydrogen) atoms. The molecule has 0 aliphatic rings. The molecule has 0 unspecified atom stereocenters. The summed E-state index contributed by atoms with van der Waals surface area (Å²) in [6, 6.07) is 5.95. The first-order valence-corrected chi connectivity index (χ1v) is 8.99. The van der Waals surface area contributed by atoms with E-state index in [-0.39, 0.29) is 5.97 Å². The van der Waals surface area contributed by atoms with Gasteiger partial charge in [0.2, 0.25) is 0 Å². The molecular formula is C19H18N4O2S. The van der Waals surface area contributed by atoms with Crippen molar-refractivity contribution in [3.05, 3.63) is 58.7 Å². The van der Waals surface area contributed by atoms with Crippen molar-refractivity contribution in [3.8, 4) is 16.3 Å². The van der Waals surface area contributed by atoms with Gasteiger partial charge in [0.1, 0.15) is 5.82 Å². The average molecular weight is 366 g/mol. The van der Waals surface area contributed by atoms with E-state index in [2.05, 4.69) is 29.0 Å². The van der Waals surface area contributed by atoms with Crippen molar-refractivity contribution in [1.82, 2.24) is 18.9 Å². The number of imidazole rings is 2. The zero-order chi connectivity index (χ0) is 18.4. The summed E-state index contributed by atoms with van der Waals surface area (Å²) in [6.45, 7) is 5.98. The lowest BCUT2D eigenvalue weighted by Crippen LogP contribution is -2.08. The molecule has 0 N–H and O–H groups in total. The van der Waals surface area contributed by atoms with E-state index >= 15 is 0 Å². The number of carbonyl (C=O) groups excluding carboxylic acids is 1. The van der Waals surface area contributed by atoms with Crippen LogP contribution in [0.2, 0.25) is 0 Å². The molecule has 6 nitrogen and oxygen atoms in total. The molecule has 4 heterocycles. The predicted molar refractivity (Wildman–Crippen MR) is 101 cm³/mol. The highest BCUT2D eigenvalue weighted by atomic mass is 32.1. The second kappa shape index (κ2) is 6.10. The maximum atomic E-state index is 12.2. The number of nitrogens with zero attached hydrogens (tertiary/aromatic N) is 4. The molecule has 0 bridgehead atoms. The molecule has 0 saturated carbocycles. The number of ether oxygens (including phenoxy) is 1. The number of esters is 1. The molecule has 0 fully saturated rings. The number of aryl methyl sites for hydroxylation is 3. The van der Waals surface area contributed by atoms with Crippen LogP contribution >= 0.6 is 11.3 Å². The number of carbonyl (C=O) groups is 1. The van der Waals surface area contributed by atoms with E-state index < -0.39 is 0 Å². The summed E-state index contributed by atoms with van der Waals surface area (Å²) in [5.74, 6) is 0.452. The smallest absolute Gasteiger partial charge is 0.339 e. The molecule has 0 radical (unpaired) electrons. The molecule has 4 aromatic rings. The second-order valence-corrected chi connectivity index (χ2v) is 7.42. The second-order valence-electron chi connectivity index (χ2n) is 6.14. The highest BCUT2D eigenvalue weighted by molar-refractivity contribution is 7.15. The summed E-state index contributed by atoms with van der Waals surface area (Å²) in [7, 11) is 1.39. The highest BCUT2D eigenvalue weighted by Gasteiger charge is 2.18. The van der Waals surface area contributed by atoms with Gasteiger partial charge in [0.05, 0.1) is 35.1 Å². The Morgan fingerprint density at radius 3 is 2.58 bits per heavy atom. The summed E-state index contributed by atoms with van der Waals surface area (Å²) < 4.78 is 8.90. The van der Waals surface area contributed by atoms with Crippen LogP contribution in [0.3, 0.4) is 0 Å². The summed E-state index contributed by atoms with van der Waals surface area (Å²) >= 11 is 1.69. The lowest BCUT2D eigenvalue weighted by Gasteiger charge is -2.12. The van der Waals surface area contributed by atoms with Crippen LogP contribution in [0.5, 0.6) is 0 Å². The van der Waals surface area contributed by atoms with Crippen molar-refractivity contribution in [2.24, 2.45) is 0 Å². The van der Waals surface area contributed by atoms with E-state index in [1.165, 1.54) is 12.0 Å². The van der Waals surface area contributed by atoms with Gasteiger partial charge in [0.15, 0.2) is 5.65 Å². The molecule has 4 aromatic heterocycles. The molecule has 4 rings (SSSR count). The van der Waals surface area contributed by atoms with E-state index in [4.69, 9.17) is 4.74 Å². The number of pyridine rings is 1. The van der Waals surface area contributed by atoms with Gasteiger partial charge in [-0.2, -0.15) is 0 Å². The van der Waals surface area contributed by atoms with Crippen LogP contribution < -0.4 is 0 Å². The normalized spacial score (nSPS) is 11.2. The lowest BCUT2D eigenvalue weighted by molar-refractivity contribution is 0.0600. The van der Waals surface area contributed by atoms with E-state index in [1.54, 1.807) is 23.6 Å². The fourth-order valence-electron chi connectivity index (χ4n) is 3.14. The Bertz CT molecular complexity index is 1120. The van der Waals surface area contributed by atoms with Crippen molar-refractivity contribution in [1.29, 1.82) is 0 Å². The first kappa shape index (κ1) is 16.5. The van der Waals surface area contributed by atoms with E-state index in [9.17, 15) is 4.79 Å². The van der Waals surface area contributed by atoms with Gasteiger partial charge in [-0.3, -0.25) is 8.97 Å². The molecule has 0 spiro atoms. The molecule has 0 aliphatic heterocycles. The number of rotatable bonds is 3. The fourth-order valence-corrected chi connectivity index (χ4v) is 4.01. The first-order valence-electron chi connectivity index (χ1n) is 8.17. The Hall–Kier alpha value is -2.93. The molecule has 132 valence electrons. The Balaban J connectivity index is 2.05. The van der Waals surface area contributed by atoms with E-state index in [1.807, 2.05) is 35.2 Å². The molecule has 7 heteroatoms. The number of methoxy groups -OCH3 is 1. The molecule has 0 amide bonds. The van der Waals surface area contributed by atoms with Gasteiger partial charge < -0.3 is 4.74 Å². The van der Waals surface area contributed by atoms with Crippen LogP contribution in [0.4, 0.5) is 0 Å². The number of hydrogen-bond acceptors (Lipinski definition) is 5. The Morgan fingerprint density at radius 2 is 1.96 bits per heavy atom. The van der Waals surface area contributed by atoms with Gasteiger partial charge in [-0.25, -0.2) is 14.8 Å². The predicted octanol–water partition coefficient (Wildman–Crippen LogP) is 3.96. The Labute approximate surface area is 154 Å². The van der Waals surface area contributed by atoms with Gasteiger partial charge in [-0.05, 0) is 39.0 Å². The van der Waals surface area contributed by atoms with Crippen LogP contribution in [0, 0.1) is 20.8 Å². The van der Waals surface area contributed by atoms with Gasteiger partial charge in [-0.1, -0.05) is 0 Å². The SMILES string of the molecule is COC(=O)c1cc(-n2c(C)cnc2C)c2ncc(-c3ccc(C)s3)n2c1. The summed E-state index contributed by atoms with van der Waals surface area (Å²) in [5.41, 5.74) is 3.96. The van der Waals surface area contributed by atoms with Crippen molar-refractivity contribution in [3.63, 3.8) is 0 Å². The molecule has 0 aliphatic carbocycles. The van der Waals surface area contributed by atoms with E-state index in [0.29, 0.717) is 5.56 Å². The zero-order valence-electron chi connectivity index (χ0n) is 15.0. The summed E-state index contributed by atoms with van der Waals surface area (Å²) in [4.78, 5) is 23.6. The first-order chi connectivity index (χ1) is 12.5. The molecule has 0 aromatic carbocycles. The van der Waals surface area contributed by atoms with Crippen LogP contribution in [0.15, 0.2) is 36.8 Å². The Morgan fingerprint density at radius 1 is 1.15 bits per heavy atom. The standard InChI is InChI=1S/C19H18N4O2S/c1-11-8-20-13(3)23(11)15-7-14(19(24)25-4)10-22-16(9-21-18(15)22)17-6-5-12(2)26-17/h5-10H,1-4H3. The quantitative estimate of drug-likeness (QED) is 0.515. The van der Waals surface area contributed by atoms with Gasteiger partial charge in [-0.15, -0.1) is 11.3 Å². The van der Waals surface area contributed by atoms with Crippen molar-refractivity contribution in [2.45, 2.75) is 20.8 Å². The van der Waals surface area contributed by atoms with Crippen LogP contribution in [0.1, 0.15) is 26.8 Å². The van der Waals surface area contributed by atoms with Crippen LogP contribution in [-0.4, -0.2) is 32.0 Å². The Kier molecular flexibility index (Phi) is 3.88. The maximum absolute atomic E-state index is 12.2. The minimum absolute atomic E-state index is 0.384. The summed E-state index contributed by atoms with van der Waals surface area (Å²) in [5, 5.41) is 0. The van der Waals surface area contributed by atoms with Crippen LogP contribution in [-0.2, 0) is 4.74 Å². The third-order valence-electron chi connectivity index (χ3n) is 4.36. The zero-order valence-corrected chi connectivity index (χ0v) is 15.8. The van der Waals surface area contributed by atoms with E-state index in [0.717, 1.165) is 33.4 Å². The van der Waals surface area contributed by atoms with Gasteiger partial charge in [0.25, 0.3) is 0 Å². The monoisotopic (exact) mass is 366 g/mol. The number of aromatic nitrogens is 4. The molecule has 0 saturated heterocycles. The van der Waals surface area contributed by atoms with Crippen LogP contribution in [0.25, 0.3) is 21.9 Å². The summed E-state index contributed by atoms with van der Waals surface area (Å²) in [6.07, 6.45) is 5.43. The molecular weight excluding hydrogens is 348 g/mol. The van der Waals surface area contributed by atoms with Crippen molar-refractivity contribution >= 4 is 23.0 Å². The topological polar surface area (TPSA) is 61.4 Å². The minimum Gasteiger partial charge on any atom is -0.465 e. The third-order valence-corrected chi connectivity index (χ3v) is 5.38. The van der Waals surface area contributed by atoms with Crippen molar-refractivity contribution in [2.75, 3.05) is 7.11 Å². The largest absolute Gasteiger partial charge is 0.465 e. The maximum Gasteiger partial charge on any atom is 0.339 e. The highest BCUT2D eigenvalue weighted by Crippen LogP contribution is 2.31. The van der Waals surface area contributed by atoms with Crippen molar-refractivity contribution < 1.29 is 9.53 Å². The van der Waals surface area contributed by atoms with Gasteiger partial charge in [0, 0.05) is 23.0 Å². The number of hydrogen-bond donors (Lipinski definition) is 0. The van der Waals surface area contributed by atoms with Gasteiger partial charge >= 0.3 is 5.97 Å². The fraction of sp³-hybridized carbons (Fsp3) is 0.211. The minimum atomic E-state index is -0.384. The number of thiophene rings is 1. The average Bonchev–Trinajstić information content (AvgIpc) is 3.32. The third kappa shape index (κ3) is 2.52. The number of fused-ring (bicyclic) bond motifs is 1. The molecule has 0 atom stereocenters. The lowest BCUT2D eigenvalue weighted by atomic mass is 10.2.